The van der Waals surface area contributed by atoms with Gasteiger partial charge in [0.05, 0.1) is 0 Å². The molecular formula is C13H15BrFNO. The number of rotatable bonds is 6. The Morgan fingerprint density at radius 3 is 2.94 bits per heavy atom. The first-order chi connectivity index (χ1) is 8.15. The van der Waals surface area contributed by atoms with E-state index >= 15 is 0 Å². The number of nitrogens with one attached hydrogen (secondary N) is 1. The third-order valence-corrected chi connectivity index (χ3v) is 2.79. The fraction of sp³-hybridized carbons (Fsp3) is 0.385. The minimum atomic E-state index is -0.234. The highest BCUT2D eigenvalue weighted by Crippen LogP contribution is 2.24. The molecule has 1 aliphatic rings. The predicted octanol–water partition coefficient (Wildman–Crippen LogP) is 3.37. The van der Waals surface area contributed by atoms with Crippen LogP contribution in [0.25, 0.3) is 0 Å². The molecule has 0 spiro atoms. The molecule has 2 rings (SSSR count). The Bertz CT molecular complexity index is 418. The van der Waals surface area contributed by atoms with Crippen molar-refractivity contribution in [2.24, 2.45) is 0 Å². The van der Waals surface area contributed by atoms with E-state index in [1.54, 1.807) is 6.07 Å². The third kappa shape index (κ3) is 4.13. The van der Waals surface area contributed by atoms with Crippen molar-refractivity contribution >= 4 is 15.9 Å². The van der Waals surface area contributed by atoms with E-state index in [0.717, 1.165) is 10.0 Å². The van der Waals surface area contributed by atoms with Crippen molar-refractivity contribution in [1.29, 1.82) is 0 Å². The third-order valence-electron chi connectivity index (χ3n) is 2.57. The van der Waals surface area contributed by atoms with E-state index in [2.05, 4.69) is 27.8 Å². The lowest BCUT2D eigenvalue weighted by atomic mass is 10.2. The molecule has 1 aromatic rings. The minimum absolute atomic E-state index is 0.234. The summed E-state index contributed by atoms with van der Waals surface area (Å²) in [6.45, 7) is 4.74. The molecule has 4 heteroatoms. The predicted molar refractivity (Wildman–Crippen MR) is 69.8 cm³/mol. The molecule has 1 aromatic carbocycles. The quantitative estimate of drug-likeness (QED) is 0.870. The van der Waals surface area contributed by atoms with Gasteiger partial charge in [-0.25, -0.2) is 4.39 Å². The summed E-state index contributed by atoms with van der Waals surface area (Å²) in [5.41, 5.74) is 0.852. The molecule has 0 unspecified atom stereocenters. The first-order valence-electron chi connectivity index (χ1n) is 5.63. The van der Waals surface area contributed by atoms with Gasteiger partial charge in [0.25, 0.3) is 0 Å². The summed E-state index contributed by atoms with van der Waals surface area (Å²) >= 11 is 3.23. The molecule has 1 N–H and O–H groups in total. The molecule has 0 radical (unpaired) electrons. The molecule has 0 amide bonds. The molecular weight excluding hydrogens is 285 g/mol. The van der Waals surface area contributed by atoms with E-state index in [1.807, 2.05) is 0 Å². The molecule has 1 fully saturated rings. The van der Waals surface area contributed by atoms with Crippen LogP contribution in [-0.2, 0) is 6.54 Å². The number of hydrogen-bond donors (Lipinski definition) is 1. The molecule has 0 bridgehead atoms. The molecule has 0 aromatic heterocycles. The lowest BCUT2D eigenvalue weighted by molar-refractivity contribution is 0.354. The highest BCUT2D eigenvalue weighted by molar-refractivity contribution is 9.11. The van der Waals surface area contributed by atoms with E-state index in [-0.39, 0.29) is 5.82 Å². The van der Waals surface area contributed by atoms with Gasteiger partial charge in [0.1, 0.15) is 18.2 Å². The number of benzene rings is 1. The van der Waals surface area contributed by atoms with Crippen molar-refractivity contribution in [3.63, 3.8) is 0 Å². The van der Waals surface area contributed by atoms with Crippen LogP contribution in [0.15, 0.2) is 29.3 Å². The summed E-state index contributed by atoms with van der Waals surface area (Å²) in [4.78, 5) is 0. The zero-order chi connectivity index (χ0) is 12.3. The minimum Gasteiger partial charge on any atom is -0.488 e. The number of ether oxygens (including phenoxy) is 1. The fourth-order valence-electron chi connectivity index (χ4n) is 1.52. The van der Waals surface area contributed by atoms with Crippen LogP contribution in [0.4, 0.5) is 4.39 Å². The van der Waals surface area contributed by atoms with E-state index in [4.69, 9.17) is 4.74 Å². The second-order valence-corrected chi connectivity index (χ2v) is 5.33. The standard InChI is InChI=1S/C13H15BrFNO/c1-9(14)8-17-13-5-2-11(15)6-10(13)7-16-12-3-4-12/h2,5-6,12,16H,1,3-4,7-8H2. The molecule has 0 saturated heterocycles. The van der Waals surface area contributed by atoms with Crippen molar-refractivity contribution in [3.05, 3.63) is 40.6 Å². The van der Waals surface area contributed by atoms with Crippen molar-refractivity contribution < 1.29 is 9.13 Å². The summed E-state index contributed by atoms with van der Waals surface area (Å²) in [5, 5.41) is 3.35. The summed E-state index contributed by atoms with van der Waals surface area (Å²) in [6, 6.07) is 5.18. The van der Waals surface area contributed by atoms with Gasteiger partial charge in [-0.2, -0.15) is 0 Å². The molecule has 92 valence electrons. The molecule has 17 heavy (non-hydrogen) atoms. The molecule has 0 heterocycles. The number of halogens is 2. The van der Waals surface area contributed by atoms with Gasteiger partial charge in [-0.3, -0.25) is 0 Å². The maximum Gasteiger partial charge on any atom is 0.124 e. The summed E-state index contributed by atoms with van der Waals surface area (Å²) < 4.78 is 19.5. The highest BCUT2D eigenvalue weighted by Gasteiger charge is 2.20. The fourth-order valence-corrected chi connectivity index (χ4v) is 1.64. The average molecular weight is 300 g/mol. The molecule has 1 aliphatic carbocycles. The van der Waals surface area contributed by atoms with Crippen LogP contribution in [0.5, 0.6) is 5.75 Å². The molecule has 1 saturated carbocycles. The lowest BCUT2D eigenvalue weighted by Crippen LogP contribution is -2.16. The van der Waals surface area contributed by atoms with Crippen LogP contribution in [0, 0.1) is 5.82 Å². The topological polar surface area (TPSA) is 21.3 Å². The van der Waals surface area contributed by atoms with E-state index in [9.17, 15) is 4.39 Å². The van der Waals surface area contributed by atoms with Gasteiger partial charge in [-0.05, 0) is 31.0 Å². The average Bonchev–Trinajstić information content (AvgIpc) is 3.08. The van der Waals surface area contributed by atoms with Crippen LogP contribution in [0.2, 0.25) is 0 Å². The summed E-state index contributed by atoms with van der Waals surface area (Å²) in [5.74, 6) is 0.475. The van der Waals surface area contributed by atoms with Gasteiger partial charge in [0.2, 0.25) is 0 Å². The van der Waals surface area contributed by atoms with Crippen LogP contribution in [0.3, 0.4) is 0 Å². The normalized spacial score (nSPS) is 14.7. The zero-order valence-corrected chi connectivity index (χ0v) is 11.1. The smallest absolute Gasteiger partial charge is 0.124 e. The summed E-state index contributed by atoms with van der Waals surface area (Å²) in [7, 11) is 0. The summed E-state index contributed by atoms with van der Waals surface area (Å²) in [6.07, 6.45) is 2.42. The SMILES string of the molecule is C=C(Br)COc1ccc(F)cc1CNC1CC1. The Labute approximate surface area is 109 Å². The van der Waals surface area contributed by atoms with Gasteiger partial charge in [0, 0.05) is 22.6 Å². The monoisotopic (exact) mass is 299 g/mol. The van der Waals surface area contributed by atoms with Crippen molar-refractivity contribution in [2.45, 2.75) is 25.4 Å². The van der Waals surface area contributed by atoms with E-state index in [0.29, 0.717) is 24.9 Å². The molecule has 2 nitrogen and oxygen atoms in total. The first-order valence-corrected chi connectivity index (χ1v) is 6.42. The second-order valence-electron chi connectivity index (χ2n) is 4.21. The largest absolute Gasteiger partial charge is 0.488 e. The Kier molecular flexibility index (Phi) is 4.18. The van der Waals surface area contributed by atoms with E-state index in [1.165, 1.54) is 25.0 Å². The van der Waals surface area contributed by atoms with Crippen LogP contribution < -0.4 is 10.1 Å². The van der Waals surface area contributed by atoms with Gasteiger partial charge < -0.3 is 10.1 Å². The van der Waals surface area contributed by atoms with Gasteiger partial charge in [0.15, 0.2) is 0 Å². The molecule has 0 aliphatic heterocycles. The van der Waals surface area contributed by atoms with E-state index < -0.39 is 0 Å². The van der Waals surface area contributed by atoms with Crippen LogP contribution in [-0.4, -0.2) is 12.6 Å². The van der Waals surface area contributed by atoms with Crippen LogP contribution in [0.1, 0.15) is 18.4 Å². The Hall–Kier alpha value is -0.870. The maximum atomic E-state index is 13.2. The first kappa shape index (κ1) is 12.6. The number of hydrogen-bond acceptors (Lipinski definition) is 2. The van der Waals surface area contributed by atoms with Crippen molar-refractivity contribution in [2.75, 3.05) is 6.61 Å². The Morgan fingerprint density at radius 2 is 2.29 bits per heavy atom. The van der Waals surface area contributed by atoms with Crippen LogP contribution >= 0.6 is 15.9 Å². The molecule has 0 atom stereocenters. The highest BCUT2D eigenvalue weighted by atomic mass is 79.9. The Balaban J connectivity index is 2.02. The van der Waals surface area contributed by atoms with Gasteiger partial charge in [-0.1, -0.05) is 22.5 Å². The van der Waals surface area contributed by atoms with Crippen molar-refractivity contribution in [1.82, 2.24) is 5.32 Å². The zero-order valence-electron chi connectivity index (χ0n) is 9.51. The van der Waals surface area contributed by atoms with Gasteiger partial charge >= 0.3 is 0 Å². The maximum absolute atomic E-state index is 13.2. The Morgan fingerprint density at radius 1 is 1.53 bits per heavy atom. The second kappa shape index (κ2) is 5.65. The van der Waals surface area contributed by atoms with Gasteiger partial charge in [-0.15, -0.1) is 0 Å². The lowest BCUT2D eigenvalue weighted by Gasteiger charge is -2.11. The van der Waals surface area contributed by atoms with Crippen molar-refractivity contribution in [3.8, 4) is 5.75 Å².